The maximum atomic E-state index is 8.98. The highest BCUT2D eigenvalue weighted by atomic mass is 35.5. The number of hydroxylamine groups is 1. The standard InChI is InChI=1S/C14H12ClNO2S/c1-8(16-17)9-2-4-11-13(6-9)19-14-7-10(15)3-5-12(14)18-11/h2-8,16-17H,1H3. The zero-order valence-electron chi connectivity index (χ0n) is 10.2. The molecule has 5 heteroatoms. The molecule has 1 aliphatic heterocycles. The van der Waals surface area contributed by atoms with Crippen LogP contribution >= 0.6 is 23.4 Å². The summed E-state index contributed by atoms with van der Waals surface area (Å²) in [5.41, 5.74) is 3.25. The topological polar surface area (TPSA) is 41.5 Å². The predicted molar refractivity (Wildman–Crippen MR) is 75.4 cm³/mol. The van der Waals surface area contributed by atoms with E-state index in [-0.39, 0.29) is 6.04 Å². The fourth-order valence-electron chi connectivity index (χ4n) is 1.92. The van der Waals surface area contributed by atoms with Gasteiger partial charge in [-0.15, -0.1) is 0 Å². The predicted octanol–water partition coefficient (Wildman–Crippen LogP) is 4.64. The third-order valence-corrected chi connectivity index (χ3v) is 4.32. The van der Waals surface area contributed by atoms with E-state index >= 15 is 0 Å². The molecule has 0 fully saturated rings. The van der Waals surface area contributed by atoms with E-state index in [2.05, 4.69) is 5.48 Å². The van der Waals surface area contributed by atoms with Gasteiger partial charge in [0.25, 0.3) is 0 Å². The molecule has 1 heterocycles. The van der Waals surface area contributed by atoms with Crippen LogP contribution < -0.4 is 10.2 Å². The molecule has 2 aromatic rings. The van der Waals surface area contributed by atoms with Crippen LogP contribution in [0.15, 0.2) is 46.2 Å². The Morgan fingerprint density at radius 1 is 1.16 bits per heavy atom. The molecule has 1 unspecified atom stereocenters. The molecule has 1 atom stereocenters. The fraction of sp³-hybridized carbons (Fsp3) is 0.143. The summed E-state index contributed by atoms with van der Waals surface area (Å²) < 4.78 is 5.84. The SMILES string of the molecule is CC(NO)c1ccc2c(c1)Sc1cc(Cl)ccc1O2. The van der Waals surface area contributed by atoms with Crippen molar-refractivity contribution in [2.45, 2.75) is 22.8 Å². The summed E-state index contributed by atoms with van der Waals surface area (Å²) in [7, 11) is 0. The lowest BCUT2D eigenvalue weighted by Crippen LogP contribution is -2.13. The van der Waals surface area contributed by atoms with Crippen molar-refractivity contribution in [3.8, 4) is 11.5 Å². The zero-order chi connectivity index (χ0) is 13.4. The smallest absolute Gasteiger partial charge is 0.141 e. The molecule has 2 N–H and O–H groups in total. The molecule has 98 valence electrons. The van der Waals surface area contributed by atoms with Crippen molar-refractivity contribution >= 4 is 23.4 Å². The van der Waals surface area contributed by atoms with Crippen LogP contribution in [-0.4, -0.2) is 5.21 Å². The molecule has 19 heavy (non-hydrogen) atoms. The molecule has 3 rings (SSSR count). The minimum atomic E-state index is -0.119. The summed E-state index contributed by atoms with van der Waals surface area (Å²) in [5, 5.41) is 9.68. The van der Waals surface area contributed by atoms with E-state index in [9.17, 15) is 0 Å². The number of hydrogen-bond donors (Lipinski definition) is 2. The number of halogens is 1. The van der Waals surface area contributed by atoms with Gasteiger partial charge in [0.15, 0.2) is 0 Å². The van der Waals surface area contributed by atoms with Gasteiger partial charge < -0.3 is 9.94 Å². The molecule has 1 aliphatic rings. The van der Waals surface area contributed by atoms with Crippen LogP contribution in [0.5, 0.6) is 11.5 Å². The van der Waals surface area contributed by atoms with Gasteiger partial charge in [0.1, 0.15) is 11.5 Å². The van der Waals surface area contributed by atoms with Crippen molar-refractivity contribution in [1.29, 1.82) is 0 Å². The second-order valence-corrected chi connectivity index (χ2v) is 5.87. The highest BCUT2D eigenvalue weighted by molar-refractivity contribution is 7.99. The summed E-state index contributed by atoms with van der Waals surface area (Å²) in [6.07, 6.45) is 0. The number of ether oxygens (including phenoxy) is 1. The van der Waals surface area contributed by atoms with Gasteiger partial charge in [-0.25, -0.2) is 0 Å². The first-order valence-electron chi connectivity index (χ1n) is 5.86. The highest BCUT2D eigenvalue weighted by Crippen LogP contribution is 2.48. The fourth-order valence-corrected chi connectivity index (χ4v) is 3.19. The lowest BCUT2D eigenvalue weighted by atomic mass is 10.1. The first-order chi connectivity index (χ1) is 9.17. The van der Waals surface area contributed by atoms with Crippen LogP contribution in [0.2, 0.25) is 5.02 Å². The first kappa shape index (κ1) is 12.8. The largest absolute Gasteiger partial charge is 0.455 e. The van der Waals surface area contributed by atoms with Crippen molar-refractivity contribution in [2.24, 2.45) is 0 Å². The molecule has 3 nitrogen and oxygen atoms in total. The Hall–Kier alpha value is -1.20. The quantitative estimate of drug-likeness (QED) is 0.676. The minimum Gasteiger partial charge on any atom is -0.455 e. The highest BCUT2D eigenvalue weighted by Gasteiger charge is 2.19. The van der Waals surface area contributed by atoms with Gasteiger partial charge in [0.2, 0.25) is 0 Å². The molecule has 0 aromatic heterocycles. The Labute approximate surface area is 120 Å². The number of rotatable bonds is 2. The Morgan fingerprint density at radius 3 is 2.58 bits per heavy atom. The van der Waals surface area contributed by atoms with Crippen molar-refractivity contribution in [1.82, 2.24) is 5.48 Å². The second kappa shape index (κ2) is 5.06. The maximum absolute atomic E-state index is 8.98. The van der Waals surface area contributed by atoms with Crippen LogP contribution in [0, 0.1) is 0 Å². The number of hydrogen-bond acceptors (Lipinski definition) is 4. The monoisotopic (exact) mass is 293 g/mol. The van der Waals surface area contributed by atoms with Crippen LogP contribution in [0.3, 0.4) is 0 Å². The summed E-state index contributed by atoms with van der Waals surface area (Å²) in [4.78, 5) is 2.02. The summed E-state index contributed by atoms with van der Waals surface area (Å²) in [5.74, 6) is 1.65. The Kier molecular flexibility index (Phi) is 3.41. The molecular formula is C14H12ClNO2S. The average molecular weight is 294 g/mol. The van der Waals surface area contributed by atoms with Crippen molar-refractivity contribution in [2.75, 3.05) is 0 Å². The van der Waals surface area contributed by atoms with E-state index in [4.69, 9.17) is 21.5 Å². The van der Waals surface area contributed by atoms with E-state index in [1.54, 1.807) is 11.8 Å². The Morgan fingerprint density at radius 2 is 1.84 bits per heavy atom. The average Bonchev–Trinajstić information content (AvgIpc) is 2.43. The van der Waals surface area contributed by atoms with E-state index in [1.807, 2.05) is 43.3 Å². The maximum Gasteiger partial charge on any atom is 0.141 e. The van der Waals surface area contributed by atoms with Gasteiger partial charge in [-0.1, -0.05) is 29.4 Å². The Balaban J connectivity index is 1.98. The van der Waals surface area contributed by atoms with Gasteiger partial charge in [-0.05, 0) is 42.8 Å². The molecule has 0 bridgehead atoms. The van der Waals surface area contributed by atoms with Gasteiger partial charge in [-0.2, -0.15) is 5.48 Å². The van der Waals surface area contributed by atoms with Gasteiger partial charge >= 0.3 is 0 Å². The third-order valence-electron chi connectivity index (χ3n) is 3.01. The molecule has 0 radical (unpaired) electrons. The minimum absolute atomic E-state index is 0.119. The molecule has 0 amide bonds. The Bertz CT molecular complexity index is 633. The molecule has 0 saturated heterocycles. The molecular weight excluding hydrogens is 282 g/mol. The van der Waals surface area contributed by atoms with E-state index < -0.39 is 0 Å². The number of nitrogens with one attached hydrogen (secondary N) is 1. The normalized spacial score (nSPS) is 14.3. The van der Waals surface area contributed by atoms with E-state index in [0.717, 1.165) is 26.9 Å². The van der Waals surface area contributed by atoms with Crippen LogP contribution in [0.4, 0.5) is 0 Å². The second-order valence-electron chi connectivity index (χ2n) is 4.35. The molecule has 2 aromatic carbocycles. The lowest BCUT2D eigenvalue weighted by Gasteiger charge is -2.21. The lowest BCUT2D eigenvalue weighted by molar-refractivity contribution is 0.133. The van der Waals surface area contributed by atoms with Crippen molar-refractivity contribution < 1.29 is 9.94 Å². The van der Waals surface area contributed by atoms with Gasteiger partial charge in [-0.3, -0.25) is 0 Å². The molecule has 0 saturated carbocycles. The van der Waals surface area contributed by atoms with Crippen LogP contribution in [0.1, 0.15) is 18.5 Å². The van der Waals surface area contributed by atoms with Crippen LogP contribution in [0.25, 0.3) is 0 Å². The summed E-state index contributed by atoms with van der Waals surface area (Å²) in [6, 6.07) is 11.3. The first-order valence-corrected chi connectivity index (χ1v) is 7.05. The van der Waals surface area contributed by atoms with E-state index in [0.29, 0.717) is 5.02 Å². The molecule has 0 aliphatic carbocycles. The van der Waals surface area contributed by atoms with Gasteiger partial charge in [0.05, 0.1) is 15.8 Å². The van der Waals surface area contributed by atoms with Crippen LogP contribution in [-0.2, 0) is 0 Å². The molecule has 0 spiro atoms. The summed E-state index contributed by atoms with van der Waals surface area (Å²) in [6.45, 7) is 1.89. The number of benzene rings is 2. The van der Waals surface area contributed by atoms with E-state index in [1.165, 1.54) is 0 Å². The third kappa shape index (κ3) is 2.44. The van der Waals surface area contributed by atoms with Crippen molar-refractivity contribution in [3.05, 3.63) is 47.0 Å². The number of fused-ring (bicyclic) bond motifs is 2. The zero-order valence-corrected chi connectivity index (χ0v) is 11.8. The summed E-state index contributed by atoms with van der Waals surface area (Å²) >= 11 is 7.62. The van der Waals surface area contributed by atoms with Crippen molar-refractivity contribution in [3.63, 3.8) is 0 Å². The van der Waals surface area contributed by atoms with Gasteiger partial charge in [0, 0.05) is 5.02 Å².